The monoisotopic (exact) mass is 446 g/mol. The standard InChI is InChI=1S/C22H23IO2/c1-22(2,3)21(24)25-18-12-13-20-16(14-18)6-4-5-7-19(20)15-8-10-17(23)11-9-15/h7-14H,4-6H2,1-3H3. The van der Waals surface area contributed by atoms with Crippen LogP contribution in [0.15, 0.2) is 48.5 Å². The molecular formula is C22H23IO2. The molecule has 2 aromatic rings. The van der Waals surface area contributed by atoms with Gasteiger partial charge in [-0.05, 0) is 109 Å². The number of carbonyl (C=O) groups excluding carboxylic acids is 1. The molecule has 2 aromatic carbocycles. The fraction of sp³-hybridized carbons (Fsp3) is 0.318. The third-order valence-electron chi connectivity index (χ3n) is 4.34. The Balaban J connectivity index is 1.94. The highest BCUT2D eigenvalue weighted by atomic mass is 127. The van der Waals surface area contributed by atoms with E-state index in [0.717, 1.165) is 19.3 Å². The smallest absolute Gasteiger partial charge is 0.316 e. The number of benzene rings is 2. The first kappa shape index (κ1) is 18.2. The lowest BCUT2D eigenvalue weighted by molar-refractivity contribution is -0.142. The van der Waals surface area contributed by atoms with Gasteiger partial charge in [0.2, 0.25) is 0 Å². The summed E-state index contributed by atoms with van der Waals surface area (Å²) < 4.78 is 6.82. The van der Waals surface area contributed by atoms with Crippen molar-refractivity contribution < 1.29 is 9.53 Å². The quantitative estimate of drug-likeness (QED) is 0.321. The first-order chi connectivity index (χ1) is 11.8. The second kappa shape index (κ2) is 7.32. The van der Waals surface area contributed by atoms with Crippen molar-refractivity contribution in [3.8, 4) is 5.75 Å². The summed E-state index contributed by atoms with van der Waals surface area (Å²) in [6.45, 7) is 5.61. The van der Waals surface area contributed by atoms with E-state index in [2.05, 4.69) is 59.0 Å². The SMILES string of the molecule is CC(C)(C)C(=O)Oc1ccc2c(c1)CCCC=C2c1ccc(I)cc1. The van der Waals surface area contributed by atoms with Crippen LogP contribution in [0.25, 0.3) is 5.57 Å². The molecule has 0 radical (unpaired) electrons. The predicted octanol–water partition coefficient (Wildman–Crippen LogP) is 6.01. The third-order valence-corrected chi connectivity index (χ3v) is 5.06. The van der Waals surface area contributed by atoms with Gasteiger partial charge in [-0.2, -0.15) is 0 Å². The fourth-order valence-electron chi connectivity index (χ4n) is 2.91. The minimum Gasteiger partial charge on any atom is -0.426 e. The van der Waals surface area contributed by atoms with Crippen LogP contribution in [-0.2, 0) is 11.2 Å². The van der Waals surface area contributed by atoms with Gasteiger partial charge in [-0.3, -0.25) is 4.79 Å². The van der Waals surface area contributed by atoms with Crippen LogP contribution in [0.2, 0.25) is 0 Å². The number of esters is 1. The van der Waals surface area contributed by atoms with Crippen LogP contribution in [0.5, 0.6) is 5.75 Å². The minimum atomic E-state index is -0.501. The molecular weight excluding hydrogens is 423 g/mol. The highest BCUT2D eigenvalue weighted by molar-refractivity contribution is 14.1. The Morgan fingerprint density at radius 2 is 1.80 bits per heavy atom. The summed E-state index contributed by atoms with van der Waals surface area (Å²) in [5, 5.41) is 0. The second-order valence-electron chi connectivity index (χ2n) is 7.48. The van der Waals surface area contributed by atoms with E-state index in [-0.39, 0.29) is 5.97 Å². The van der Waals surface area contributed by atoms with Gasteiger partial charge in [-0.25, -0.2) is 0 Å². The molecule has 2 nitrogen and oxygen atoms in total. The Bertz CT molecular complexity index is 811. The molecule has 0 aliphatic heterocycles. The molecule has 0 aromatic heterocycles. The Morgan fingerprint density at radius 3 is 2.48 bits per heavy atom. The first-order valence-corrected chi connectivity index (χ1v) is 9.74. The molecule has 0 fully saturated rings. The minimum absolute atomic E-state index is 0.200. The molecule has 25 heavy (non-hydrogen) atoms. The van der Waals surface area contributed by atoms with E-state index in [9.17, 15) is 4.79 Å². The number of allylic oxidation sites excluding steroid dienone is 1. The molecule has 0 saturated heterocycles. The lowest BCUT2D eigenvalue weighted by Crippen LogP contribution is -2.25. The summed E-state index contributed by atoms with van der Waals surface area (Å²) in [5.41, 5.74) is 4.51. The zero-order valence-electron chi connectivity index (χ0n) is 14.9. The Labute approximate surface area is 163 Å². The van der Waals surface area contributed by atoms with Crippen molar-refractivity contribution in [3.05, 3.63) is 68.8 Å². The van der Waals surface area contributed by atoms with E-state index >= 15 is 0 Å². The van der Waals surface area contributed by atoms with Crippen LogP contribution in [0.1, 0.15) is 50.3 Å². The molecule has 0 N–H and O–H groups in total. The van der Waals surface area contributed by atoms with E-state index in [1.807, 2.05) is 32.9 Å². The number of carbonyl (C=O) groups is 1. The zero-order valence-corrected chi connectivity index (χ0v) is 17.1. The molecule has 0 heterocycles. The molecule has 0 spiro atoms. The molecule has 0 saturated carbocycles. The van der Waals surface area contributed by atoms with E-state index in [0.29, 0.717) is 5.75 Å². The largest absolute Gasteiger partial charge is 0.426 e. The molecule has 3 rings (SSSR count). The normalized spacial score (nSPS) is 14.3. The van der Waals surface area contributed by atoms with Gasteiger partial charge in [-0.15, -0.1) is 0 Å². The first-order valence-electron chi connectivity index (χ1n) is 8.66. The van der Waals surface area contributed by atoms with Gasteiger partial charge in [-0.1, -0.05) is 24.3 Å². The number of fused-ring (bicyclic) bond motifs is 1. The summed E-state index contributed by atoms with van der Waals surface area (Å²) in [5.74, 6) is 0.442. The van der Waals surface area contributed by atoms with Crippen LogP contribution < -0.4 is 4.74 Å². The van der Waals surface area contributed by atoms with Crippen molar-refractivity contribution in [2.24, 2.45) is 5.41 Å². The number of hydrogen-bond acceptors (Lipinski definition) is 2. The lowest BCUT2D eigenvalue weighted by Gasteiger charge is -2.18. The molecule has 0 bridgehead atoms. The van der Waals surface area contributed by atoms with Crippen molar-refractivity contribution in [1.82, 2.24) is 0 Å². The Hall–Kier alpha value is -1.62. The number of rotatable bonds is 2. The maximum Gasteiger partial charge on any atom is 0.316 e. The summed E-state index contributed by atoms with van der Waals surface area (Å²) in [7, 11) is 0. The molecule has 1 aliphatic carbocycles. The average molecular weight is 446 g/mol. The summed E-state index contributed by atoms with van der Waals surface area (Å²) in [6, 6.07) is 14.7. The number of ether oxygens (including phenoxy) is 1. The highest BCUT2D eigenvalue weighted by Crippen LogP contribution is 2.33. The van der Waals surface area contributed by atoms with Crippen molar-refractivity contribution >= 4 is 34.1 Å². The average Bonchev–Trinajstić information content (AvgIpc) is 2.77. The third kappa shape index (κ3) is 4.32. The van der Waals surface area contributed by atoms with Gasteiger partial charge in [0.15, 0.2) is 0 Å². The highest BCUT2D eigenvalue weighted by Gasteiger charge is 2.24. The Kier molecular flexibility index (Phi) is 5.32. The lowest BCUT2D eigenvalue weighted by atomic mass is 9.93. The predicted molar refractivity (Wildman–Crippen MR) is 111 cm³/mol. The molecule has 0 amide bonds. The zero-order chi connectivity index (χ0) is 18.0. The van der Waals surface area contributed by atoms with E-state index in [1.165, 1.54) is 25.8 Å². The molecule has 3 heteroatoms. The van der Waals surface area contributed by atoms with E-state index in [4.69, 9.17) is 4.74 Å². The van der Waals surface area contributed by atoms with Gasteiger partial charge in [0.05, 0.1) is 5.41 Å². The van der Waals surface area contributed by atoms with Crippen LogP contribution in [0.4, 0.5) is 0 Å². The Morgan fingerprint density at radius 1 is 1.08 bits per heavy atom. The number of halogens is 1. The molecule has 1 aliphatic rings. The summed E-state index contributed by atoms with van der Waals surface area (Å²) >= 11 is 2.33. The number of hydrogen-bond donors (Lipinski definition) is 0. The van der Waals surface area contributed by atoms with Crippen molar-refractivity contribution in [1.29, 1.82) is 0 Å². The number of aryl methyl sites for hydroxylation is 1. The summed E-state index contributed by atoms with van der Waals surface area (Å²) in [4.78, 5) is 12.2. The topological polar surface area (TPSA) is 26.3 Å². The molecule has 130 valence electrons. The molecule has 0 atom stereocenters. The summed E-state index contributed by atoms with van der Waals surface area (Å²) in [6.07, 6.45) is 5.50. The van der Waals surface area contributed by atoms with Gasteiger partial charge >= 0.3 is 5.97 Å². The van der Waals surface area contributed by atoms with E-state index in [1.54, 1.807) is 0 Å². The molecule has 0 unspecified atom stereocenters. The fourth-order valence-corrected chi connectivity index (χ4v) is 3.27. The van der Waals surface area contributed by atoms with Crippen LogP contribution in [0, 0.1) is 8.99 Å². The van der Waals surface area contributed by atoms with Crippen LogP contribution in [-0.4, -0.2) is 5.97 Å². The van der Waals surface area contributed by atoms with Crippen LogP contribution in [0.3, 0.4) is 0 Å². The van der Waals surface area contributed by atoms with Gasteiger partial charge in [0.25, 0.3) is 0 Å². The van der Waals surface area contributed by atoms with Crippen molar-refractivity contribution in [3.63, 3.8) is 0 Å². The maximum absolute atomic E-state index is 12.2. The second-order valence-corrected chi connectivity index (χ2v) is 8.72. The van der Waals surface area contributed by atoms with Crippen molar-refractivity contribution in [2.75, 3.05) is 0 Å². The maximum atomic E-state index is 12.2. The van der Waals surface area contributed by atoms with Crippen molar-refractivity contribution in [2.45, 2.75) is 40.0 Å². The van der Waals surface area contributed by atoms with Gasteiger partial charge in [0, 0.05) is 3.57 Å². The van der Waals surface area contributed by atoms with Crippen LogP contribution >= 0.6 is 22.6 Å². The van der Waals surface area contributed by atoms with Gasteiger partial charge in [0.1, 0.15) is 5.75 Å². The van der Waals surface area contributed by atoms with Gasteiger partial charge < -0.3 is 4.74 Å². The van der Waals surface area contributed by atoms with E-state index < -0.39 is 5.41 Å².